The number of rotatable bonds is 5. The van der Waals surface area contributed by atoms with E-state index in [-0.39, 0.29) is 18.0 Å². The van der Waals surface area contributed by atoms with Crippen molar-refractivity contribution in [3.05, 3.63) is 33.8 Å². The van der Waals surface area contributed by atoms with Crippen LogP contribution in [0.1, 0.15) is 25.5 Å². The maximum Gasteiger partial charge on any atom is 0.409 e. The number of ether oxygens (including phenoxy) is 1. The Bertz CT molecular complexity index is 619. The zero-order chi connectivity index (χ0) is 18.4. The summed E-state index contributed by atoms with van der Waals surface area (Å²) in [5.41, 5.74) is 0.898. The fourth-order valence-electron chi connectivity index (χ4n) is 2.66. The number of nitrogens with zero attached hydrogens (tertiary/aromatic N) is 2. The lowest BCUT2D eigenvalue weighted by molar-refractivity contribution is -0.123. The summed E-state index contributed by atoms with van der Waals surface area (Å²) < 4.78 is 4.99. The molecular weight excluding hydrogens is 365 g/mol. The number of carbonyl (C=O) groups is 2. The van der Waals surface area contributed by atoms with Gasteiger partial charge < -0.3 is 15.0 Å². The highest BCUT2D eigenvalue weighted by Crippen LogP contribution is 2.25. The minimum Gasteiger partial charge on any atom is -0.450 e. The van der Waals surface area contributed by atoms with Crippen LogP contribution in [0.15, 0.2) is 18.2 Å². The van der Waals surface area contributed by atoms with Crippen LogP contribution in [0.5, 0.6) is 0 Å². The van der Waals surface area contributed by atoms with Crippen LogP contribution in [-0.4, -0.2) is 61.1 Å². The van der Waals surface area contributed by atoms with Crippen molar-refractivity contribution >= 4 is 35.2 Å². The molecule has 1 aromatic carbocycles. The smallest absolute Gasteiger partial charge is 0.409 e. The largest absolute Gasteiger partial charge is 0.450 e. The van der Waals surface area contributed by atoms with E-state index < -0.39 is 0 Å². The normalized spacial score (nSPS) is 16.4. The topological polar surface area (TPSA) is 61.9 Å². The Morgan fingerprint density at radius 2 is 1.88 bits per heavy atom. The first kappa shape index (κ1) is 19.8. The van der Waals surface area contributed by atoms with Gasteiger partial charge in [-0.25, -0.2) is 4.79 Å². The molecule has 25 heavy (non-hydrogen) atoms. The van der Waals surface area contributed by atoms with Gasteiger partial charge in [-0.05, 0) is 31.5 Å². The second kappa shape index (κ2) is 9.27. The highest BCUT2D eigenvalue weighted by Gasteiger charge is 2.23. The van der Waals surface area contributed by atoms with Crippen LogP contribution in [-0.2, 0) is 9.53 Å². The molecule has 1 aliphatic rings. The summed E-state index contributed by atoms with van der Waals surface area (Å²) >= 11 is 11.9. The van der Waals surface area contributed by atoms with E-state index in [4.69, 9.17) is 27.9 Å². The summed E-state index contributed by atoms with van der Waals surface area (Å²) in [5, 5.41) is 3.91. The SMILES string of the molecule is CCOC(=O)N1CCN(CC(=O)N[C@@H](C)c2ccc(Cl)c(Cl)c2)CC1. The van der Waals surface area contributed by atoms with Crippen LogP contribution >= 0.6 is 23.2 Å². The Morgan fingerprint density at radius 3 is 2.48 bits per heavy atom. The number of carbonyl (C=O) groups excluding carboxylic acids is 2. The van der Waals surface area contributed by atoms with E-state index in [0.717, 1.165) is 5.56 Å². The molecule has 1 aliphatic heterocycles. The zero-order valence-electron chi connectivity index (χ0n) is 14.4. The lowest BCUT2D eigenvalue weighted by Gasteiger charge is -2.33. The Hall–Kier alpha value is -1.50. The Kier molecular flexibility index (Phi) is 7.35. The van der Waals surface area contributed by atoms with E-state index in [1.165, 1.54) is 0 Å². The number of piperazine rings is 1. The molecule has 2 amide bonds. The Labute approximate surface area is 158 Å². The van der Waals surface area contributed by atoms with Gasteiger partial charge in [0.1, 0.15) is 0 Å². The molecule has 0 spiro atoms. The van der Waals surface area contributed by atoms with Crippen LogP contribution in [0.4, 0.5) is 4.79 Å². The highest BCUT2D eigenvalue weighted by atomic mass is 35.5. The van der Waals surface area contributed by atoms with Gasteiger partial charge in [-0.15, -0.1) is 0 Å². The van der Waals surface area contributed by atoms with Crippen LogP contribution in [0, 0.1) is 0 Å². The molecule has 138 valence electrons. The molecule has 0 saturated carbocycles. The van der Waals surface area contributed by atoms with Crippen molar-refractivity contribution in [1.29, 1.82) is 0 Å². The number of amides is 2. The van der Waals surface area contributed by atoms with Crippen molar-refractivity contribution in [3.63, 3.8) is 0 Å². The van der Waals surface area contributed by atoms with Crippen molar-refractivity contribution in [2.45, 2.75) is 19.9 Å². The van der Waals surface area contributed by atoms with E-state index in [1.807, 2.05) is 17.9 Å². The van der Waals surface area contributed by atoms with Crippen molar-refractivity contribution in [3.8, 4) is 0 Å². The number of hydrogen-bond donors (Lipinski definition) is 1. The molecule has 0 aromatic heterocycles. The van der Waals surface area contributed by atoms with Gasteiger partial charge in [0, 0.05) is 26.2 Å². The predicted octanol–water partition coefficient (Wildman–Crippen LogP) is 2.94. The van der Waals surface area contributed by atoms with E-state index in [0.29, 0.717) is 49.4 Å². The molecule has 6 nitrogen and oxygen atoms in total. The average Bonchev–Trinajstić information content (AvgIpc) is 2.58. The van der Waals surface area contributed by atoms with Crippen molar-refractivity contribution in [1.82, 2.24) is 15.1 Å². The second-order valence-corrected chi connectivity index (χ2v) is 6.74. The molecule has 1 fully saturated rings. The third-order valence-corrected chi connectivity index (χ3v) is 4.83. The molecule has 0 bridgehead atoms. The maximum atomic E-state index is 12.2. The van der Waals surface area contributed by atoms with E-state index in [1.54, 1.807) is 24.0 Å². The van der Waals surface area contributed by atoms with Gasteiger partial charge in [0.25, 0.3) is 0 Å². The van der Waals surface area contributed by atoms with Crippen molar-refractivity contribution < 1.29 is 14.3 Å². The first-order chi connectivity index (χ1) is 11.9. The molecule has 0 unspecified atom stereocenters. The fourth-order valence-corrected chi connectivity index (χ4v) is 2.97. The van der Waals surface area contributed by atoms with Crippen LogP contribution in [0.3, 0.4) is 0 Å². The molecule has 0 aliphatic carbocycles. The summed E-state index contributed by atoms with van der Waals surface area (Å²) in [5.74, 6) is -0.0665. The Morgan fingerprint density at radius 1 is 1.20 bits per heavy atom. The molecular formula is C17H23Cl2N3O3. The number of halogens is 2. The minimum atomic E-state index is -0.292. The van der Waals surface area contributed by atoms with E-state index in [2.05, 4.69) is 5.32 Å². The maximum absolute atomic E-state index is 12.2. The van der Waals surface area contributed by atoms with E-state index >= 15 is 0 Å². The molecule has 8 heteroatoms. The zero-order valence-corrected chi connectivity index (χ0v) is 15.9. The number of benzene rings is 1. The minimum absolute atomic E-state index is 0.0665. The highest BCUT2D eigenvalue weighted by molar-refractivity contribution is 6.42. The molecule has 1 saturated heterocycles. The molecule has 1 aromatic rings. The van der Waals surface area contributed by atoms with Gasteiger partial charge in [-0.3, -0.25) is 9.69 Å². The molecule has 1 atom stereocenters. The molecule has 1 heterocycles. The van der Waals surface area contributed by atoms with Crippen molar-refractivity contribution in [2.75, 3.05) is 39.3 Å². The second-order valence-electron chi connectivity index (χ2n) is 5.92. The number of hydrogen-bond acceptors (Lipinski definition) is 4. The van der Waals surface area contributed by atoms with Gasteiger partial charge in [0.2, 0.25) is 5.91 Å². The lowest BCUT2D eigenvalue weighted by Crippen LogP contribution is -2.51. The standard InChI is InChI=1S/C17H23Cl2N3O3/c1-3-25-17(24)22-8-6-21(7-9-22)11-16(23)20-12(2)13-4-5-14(18)15(19)10-13/h4-5,10,12H,3,6-9,11H2,1-2H3,(H,20,23)/t12-/m0/s1. The van der Waals surface area contributed by atoms with Gasteiger partial charge in [-0.1, -0.05) is 29.3 Å². The number of nitrogens with one attached hydrogen (secondary N) is 1. The average molecular weight is 388 g/mol. The van der Waals surface area contributed by atoms with Crippen molar-refractivity contribution in [2.24, 2.45) is 0 Å². The third kappa shape index (κ3) is 5.76. The summed E-state index contributed by atoms with van der Waals surface area (Å²) in [6.07, 6.45) is -0.292. The molecule has 1 N–H and O–H groups in total. The molecule has 0 radical (unpaired) electrons. The third-order valence-electron chi connectivity index (χ3n) is 4.09. The monoisotopic (exact) mass is 387 g/mol. The fraction of sp³-hybridized carbons (Fsp3) is 0.529. The quantitative estimate of drug-likeness (QED) is 0.843. The predicted molar refractivity (Wildman–Crippen MR) is 98.1 cm³/mol. The molecule has 2 rings (SSSR count). The first-order valence-electron chi connectivity index (χ1n) is 8.29. The van der Waals surface area contributed by atoms with Crippen LogP contribution in [0.25, 0.3) is 0 Å². The van der Waals surface area contributed by atoms with Gasteiger partial charge in [0.05, 0.1) is 29.2 Å². The Balaban J connectivity index is 1.79. The van der Waals surface area contributed by atoms with Crippen LogP contribution < -0.4 is 5.32 Å². The summed E-state index contributed by atoms with van der Waals surface area (Å²) in [4.78, 5) is 27.6. The van der Waals surface area contributed by atoms with Gasteiger partial charge >= 0.3 is 6.09 Å². The summed E-state index contributed by atoms with van der Waals surface area (Å²) in [6, 6.07) is 5.16. The van der Waals surface area contributed by atoms with E-state index in [9.17, 15) is 9.59 Å². The van der Waals surface area contributed by atoms with Crippen LogP contribution in [0.2, 0.25) is 10.0 Å². The first-order valence-corrected chi connectivity index (χ1v) is 9.04. The van der Waals surface area contributed by atoms with Gasteiger partial charge in [0.15, 0.2) is 0 Å². The summed E-state index contributed by atoms with van der Waals surface area (Å²) in [6.45, 7) is 6.77. The van der Waals surface area contributed by atoms with Gasteiger partial charge in [-0.2, -0.15) is 0 Å². The lowest BCUT2D eigenvalue weighted by atomic mass is 10.1. The summed E-state index contributed by atoms with van der Waals surface area (Å²) in [7, 11) is 0.